The number of hydrogen-bond donors (Lipinski definition) is 1. The molecule has 0 bridgehead atoms. The first-order valence-corrected chi connectivity index (χ1v) is 6.38. The summed E-state index contributed by atoms with van der Waals surface area (Å²) in [4.78, 5) is 11.7. The van der Waals surface area contributed by atoms with E-state index in [9.17, 15) is 9.90 Å². The molecule has 1 aliphatic heterocycles. The van der Waals surface area contributed by atoms with E-state index in [1.54, 1.807) is 6.92 Å². The normalized spacial score (nSPS) is 42.3. The van der Waals surface area contributed by atoms with Gasteiger partial charge in [0.2, 0.25) is 5.79 Å². The van der Waals surface area contributed by atoms with Crippen molar-refractivity contribution in [3.8, 4) is 0 Å². The lowest BCUT2D eigenvalue weighted by molar-refractivity contribution is -0.197. The molecule has 0 aromatic carbocycles. The van der Waals surface area contributed by atoms with Crippen molar-refractivity contribution in [2.45, 2.75) is 39.4 Å². The maximum absolute atomic E-state index is 11.7. The minimum Gasteiger partial charge on any atom is -0.426 e. The van der Waals surface area contributed by atoms with Crippen LogP contribution in [-0.4, -0.2) is 16.9 Å². The molecular weight excluding hydrogens is 228 g/mol. The number of allylic oxidation sites excluding steroid dienone is 4. The van der Waals surface area contributed by atoms with Gasteiger partial charge in [0.15, 0.2) is 0 Å². The van der Waals surface area contributed by atoms with Gasteiger partial charge in [-0.25, -0.2) is 4.79 Å². The summed E-state index contributed by atoms with van der Waals surface area (Å²) in [6.45, 7) is 5.99. The van der Waals surface area contributed by atoms with Gasteiger partial charge in [-0.2, -0.15) is 0 Å². The molecule has 3 aliphatic rings. The van der Waals surface area contributed by atoms with Crippen LogP contribution in [0.4, 0.5) is 0 Å². The van der Waals surface area contributed by atoms with E-state index in [4.69, 9.17) is 4.74 Å². The summed E-state index contributed by atoms with van der Waals surface area (Å²) in [5, 5.41) is 10.6. The third-order valence-electron chi connectivity index (χ3n) is 4.70. The summed E-state index contributed by atoms with van der Waals surface area (Å²) >= 11 is 0. The highest BCUT2D eigenvalue weighted by Gasteiger charge is 2.55. The van der Waals surface area contributed by atoms with E-state index in [1.165, 1.54) is 5.57 Å². The Morgan fingerprint density at radius 3 is 2.89 bits per heavy atom. The zero-order valence-electron chi connectivity index (χ0n) is 11.0. The first-order valence-electron chi connectivity index (χ1n) is 6.38. The van der Waals surface area contributed by atoms with Crippen molar-refractivity contribution in [2.24, 2.45) is 11.3 Å². The fraction of sp³-hybridized carbons (Fsp3) is 0.533. The van der Waals surface area contributed by atoms with Crippen LogP contribution in [0.2, 0.25) is 0 Å². The minimum absolute atomic E-state index is 0.137. The summed E-state index contributed by atoms with van der Waals surface area (Å²) < 4.78 is 5.20. The maximum Gasteiger partial charge on any atom is 0.336 e. The molecule has 0 amide bonds. The average molecular weight is 246 g/mol. The first kappa shape index (κ1) is 11.7. The van der Waals surface area contributed by atoms with Crippen molar-refractivity contribution in [1.82, 2.24) is 0 Å². The fourth-order valence-electron chi connectivity index (χ4n) is 3.63. The molecule has 3 rings (SSSR count). The van der Waals surface area contributed by atoms with Crippen LogP contribution in [0.25, 0.3) is 0 Å². The Bertz CT molecular complexity index is 526. The summed E-state index contributed by atoms with van der Waals surface area (Å²) in [7, 11) is 0. The molecule has 1 fully saturated rings. The molecule has 1 unspecified atom stereocenters. The van der Waals surface area contributed by atoms with Crippen molar-refractivity contribution in [1.29, 1.82) is 0 Å². The Hall–Kier alpha value is -1.35. The van der Waals surface area contributed by atoms with E-state index < -0.39 is 5.79 Å². The molecule has 3 atom stereocenters. The lowest BCUT2D eigenvalue weighted by Crippen LogP contribution is -2.46. The third-order valence-corrected chi connectivity index (χ3v) is 4.70. The molecule has 0 saturated heterocycles. The third kappa shape index (κ3) is 1.37. The number of carbonyl (C=O) groups excluding carboxylic acids is 1. The second-order valence-corrected chi connectivity index (χ2v) is 5.99. The number of esters is 1. The first-order chi connectivity index (χ1) is 8.36. The molecule has 3 heteroatoms. The van der Waals surface area contributed by atoms with Crippen molar-refractivity contribution in [3.63, 3.8) is 0 Å². The van der Waals surface area contributed by atoms with Crippen LogP contribution in [0.15, 0.2) is 34.9 Å². The largest absolute Gasteiger partial charge is 0.426 e. The van der Waals surface area contributed by atoms with E-state index in [2.05, 4.69) is 26.0 Å². The summed E-state index contributed by atoms with van der Waals surface area (Å²) in [5.74, 6) is -1.41. The standard InChI is InChI=1S/C15H18O3/c1-9-5-4-6-14(3)8-15(17)12(7-11(9)14)10(2)13(16)18-15/h4-6,11,17H,7-8H2,1-3H3/t11-,14?,15-/m0/s1. The molecule has 2 aliphatic carbocycles. The van der Waals surface area contributed by atoms with Crippen LogP contribution < -0.4 is 0 Å². The summed E-state index contributed by atoms with van der Waals surface area (Å²) in [6, 6.07) is 0. The van der Waals surface area contributed by atoms with Gasteiger partial charge in [-0.15, -0.1) is 0 Å². The van der Waals surface area contributed by atoms with Gasteiger partial charge in [0, 0.05) is 17.6 Å². The van der Waals surface area contributed by atoms with E-state index in [0.717, 1.165) is 5.57 Å². The zero-order chi connectivity index (χ0) is 13.1. The zero-order valence-corrected chi connectivity index (χ0v) is 11.0. The van der Waals surface area contributed by atoms with Crippen molar-refractivity contribution in [2.75, 3.05) is 0 Å². The molecule has 0 radical (unpaired) electrons. The van der Waals surface area contributed by atoms with Crippen molar-refractivity contribution < 1.29 is 14.6 Å². The maximum atomic E-state index is 11.7. The monoisotopic (exact) mass is 246 g/mol. The predicted octanol–water partition coefficient (Wildman–Crippen LogP) is 2.48. The Labute approximate surface area is 107 Å². The quantitative estimate of drug-likeness (QED) is 0.668. The highest BCUT2D eigenvalue weighted by atomic mass is 16.7. The molecule has 1 saturated carbocycles. The second-order valence-electron chi connectivity index (χ2n) is 5.99. The molecule has 1 heterocycles. The summed E-state index contributed by atoms with van der Waals surface area (Å²) in [6.07, 6.45) is 7.43. The van der Waals surface area contributed by atoms with Gasteiger partial charge in [0.05, 0.1) is 0 Å². The molecule has 1 N–H and O–H groups in total. The lowest BCUT2D eigenvalue weighted by Gasteiger charge is -2.47. The van der Waals surface area contributed by atoms with Gasteiger partial charge in [-0.1, -0.05) is 30.7 Å². The summed E-state index contributed by atoms with van der Waals surface area (Å²) in [5.41, 5.74) is 2.53. The Kier molecular flexibility index (Phi) is 2.18. The van der Waals surface area contributed by atoms with Gasteiger partial charge >= 0.3 is 5.97 Å². The van der Waals surface area contributed by atoms with Crippen LogP contribution in [0.3, 0.4) is 0 Å². The van der Waals surface area contributed by atoms with E-state index in [0.29, 0.717) is 24.3 Å². The number of carbonyl (C=O) groups is 1. The van der Waals surface area contributed by atoms with Crippen LogP contribution in [0.5, 0.6) is 0 Å². The van der Waals surface area contributed by atoms with Crippen LogP contribution in [0, 0.1) is 11.3 Å². The predicted molar refractivity (Wildman–Crippen MR) is 67.5 cm³/mol. The number of fused-ring (bicyclic) bond motifs is 2. The van der Waals surface area contributed by atoms with Gasteiger partial charge in [-0.05, 0) is 31.6 Å². The second kappa shape index (κ2) is 3.35. The van der Waals surface area contributed by atoms with Crippen molar-refractivity contribution in [3.05, 3.63) is 34.9 Å². The average Bonchev–Trinajstić information content (AvgIpc) is 2.46. The van der Waals surface area contributed by atoms with Crippen LogP contribution >= 0.6 is 0 Å². The van der Waals surface area contributed by atoms with E-state index in [-0.39, 0.29) is 11.4 Å². The number of ether oxygens (including phenoxy) is 1. The Morgan fingerprint density at radius 1 is 1.44 bits per heavy atom. The fourth-order valence-corrected chi connectivity index (χ4v) is 3.63. The Balaban J connectivity index is 2.08. The molecule has 18 heavy (non-hydrogen) atoms. The molecule has 0 spiro atoms. The molecule has 0 aromatic rings. The van der Waals surface area contributed by atoms with Gasteiger partial charge in [-0.3, -0.25) is 0 Å². The Morgan fingerprint density at radius 2 is 2.17 bits per heavy atom. The highest BCUT2D eigenvalue weighted by molar-refractivity contribution is 5.92. The molecule has 3 nitrogen and oxygen atoms in total. The number of rotatable bonds is 0. The smallest absolute Gasteiger partial charge is 0.336 e. The molecule has 96 valence electrons. The highest BCUT2D eigenvalue weighted by Crippen LogP contribution is 2.55. The number of hydrogen-bond acceptors (Lipinski definition) is 3. The van der Waals surface area contributed by atoms with Crippen LogP contribution in [-0.2, 0) is 9.53 Å². The van der Waals surface area contributed by atoms with E-state index >= 15 is 0 Å². The molecule has 0 aromatic heterocycles. The topological polar surface area (TPSA) is 46.5 Å². The van der Waals surface area contributed by atoms with Gasteiger partial charge < -0.3 is 9.84 Å². The minimum atomic E-state index is -1.38. The van der Waals surface area contributed by atoms with Crippen molar-refractivity contribution >= 4 is 5.97 Å². The lowest BCUT2D eigenvalue weighted by atomic mass is 9.60. The van der Waals surface area contributed by atoms with Crippen LogP contribution in [0.1, 0.15) is 33.6 Å². The van der Waals surface area contributed by atoms with Gasteiger partial charge in [0.1, 0.15) is 0 Å². The molecular formula is C15H18O3. The van der Waals surface area contributed by atoms with E-state index in [1.807, 2.05) is 6.08 Å². The van der Waals surface area contributed by atoms with Gasteiger partial charge in [0.25, 0.3) is 0 Å². The SMILES string of the molecule is CC1=CC=CC2(C)C[C@]3(O)OC(=O)C(C)=C3C[C@@H]12. The number of aliphatic hydroxyl groups is 1.